The van der Waals surface area contributed by atoms with Gasteiger partial charge in [-0.25, -0.2) is 9.69 Å². The number of ketones is 1. The number of amides is 2. The first kappa shape index (κ1) is 23.6. The number of carbonyl (C=O) groups excluding carboxylic acids is 4. The largest absolute Gasteiger partial charge is 0.494 e. The molecule has 2 fully saturated rings. The van der Waals surface area contributed by atoms with E-state index in [0.29, 0.717) is 49.9 Å². The van der Waals surface area contributed by atoms with E-state index in [1.165, 1.54) is 24.3 Å². The maximum absolute atomic E-state index is 12.9. The lowest BCUT2D eigenvalue weighted by Crippen LogP contribution is -2.47. The van der Waals surface area contributed by atoms with Gasteiger partial charge in [0.1, 0.15) is 5.75 Å². The van der Waals surface area contributed by atoms with Crippen LogP contribution in [-0.2, 0) is 19.1 Å². The molecule has 0 N–H and O–H groups in total. The van der Waals surface area contributed by atoms with Gasteiger partial charge >= 0.3 is 5.97 Å². The maximum atomic E-state index is 12.9. The van der Waals surface area contributed by atoms with E-state index < -0.39 is 18.6 Å². The summed E-state index contributed by atoms with van der Waals surface area (Å²) in [5.41, 5.74) is 1.02. The molecule has 34 heavy (non-hydrogen) atoms. The number of ether oxygens (including phenoxy) is 3. The number of hydrogen-bond acceptors (Lipinski definition) is 8. The Morgan fingerprint density at radius 1 is 0.971 bits per heavy atom. The molecule has 2 aromatic carbocycles. The normalized spacial score (nSPS) is 18.7. The predicted molar refractivity (Wildman–Crippen MR) is 122 cm³/mol. The lowest BCUT2D eigenvalue weighted by Gasteiger charge is -2.30. The van der Waals surface area contributed by atoms with Gasteiger partial charge in [0.2, 0.25) is 5.91 Å². The Hall–Kier alpha value is -3.56. The van der Waals surface area contributed by atoms with Crippen molar-refractivity contribution in [2.24, 2.45) is 0 Å². The third-order valence-corrected chi connectivity index (χ3v) is 5.79. The van der Waals surface area contributed by atoms with E-state index in [0.717, 1.165) is 4.90 Å². The molecule has 0 spiro atoms. The number of hydrogen-bond donors (Lipinski definition) is 0. The van der Waals surface area contributed by atoms with Crippen LogP contribution in [-0.4, -0.2) is 74.0 Å². The van der Waals surface area contributed by atoms with Crippen molar-refractivity contribution in [1.82, 2.24) is 4.90 Å². The second kappa shape index (κ2) is 10.6. The Labute approximate surface area is 197 Å². The Kier molecular flexibility index (Phi) is 7.34. The molecule has 2 aromatic rings. The molecule has 1 atom stereocenters. The molecule has 0 radical (unpaired) electrons. The standard InChI is InChI=1S/C25H26N2O7/c1-2-33-20-9-5-17(6-10-20)22(28)16-34-25(31)18-3-7-19(8-4-18)27-23(29)15-21(24(27)30)26-11-13-32-14-12-26/h3-10,21H,2,11-16H2,1H3. The van der Waals surface area contributed by atoms with E-state index in [-0.39, 0.29) is 29.6 Å². The lowest BCUT2D eigenvalue weighted by atomic mass is 10.1. The Balaban J connectivity index is 1.34. The molecule has 0 bridgehead atoms. The number of carbonyl (C=O) groups is 4. The average Bonchev–Trinajstić information content (AvgIpc) is 3.17. The van der Waals surface area contributed by atoms with Crippen LogP contribution in [0.5, 0.6) is 5.75 Å². The zero-order valence-corrected chi connectivity index (χ0v) is 18.9. The molecule has 178 valence electrons. The Bertz CT molecular complexity index is 1060. The molecule has 4 rings (SSSR count). The van der Waals surface area contributed by atoms with Gasteiger partial charge in [-0.05, 0) is 55.5 Å². The number of esters is 1. The van der Waals surface area contributed by atoms with Crippen molar-refractivity contribution in [3.05, 3.63) is 59.7 Å². The molecule has 9 heteroatoms. The zero-order chi connectivity index (χ0) is 24.1. The van der Waals surface area contributed by atoms with Gasteiger partial charge < -0.3 is 14.2 Å². The summed E-state index contributed by atoms with van der Waals surface area (Å²) in [6.07, 6.45) is 0.121. The Morgan fingerprint density at radius 3 is 2.26 bits per heavy atom. The van der Waals surface area contributed by atoms with Crippen LogP contribution < -0.4 is 9.64 Å². The first-order valence-corrected chi connectivity index (χ1v) is 11.2. The summed E-state index contributed by atoms with van der Waals surface area (Å²) in [4.78, 5) is 53.2. The van der Waals surface area contributed by atoms with Gasteiger partial charge in [-0.3, -0.25) is 19.3 Å². The molecule has 9 nitrogen and oxygen atoms in total. The van der Waals surface area contributed by atoms with Crippen molar-refractivity contribution in [2.45, 2.75) is 19.4 Å². The quantitative estimate of drug-likeness (QED) is 0.331. The summed E-state index contributed by atoms with van der Waals surface area (Å²) < 4.78 is 15.8. The number of rotatable bonds is 8. The van der Waals surface area contributed by atoms with Gasteiger partial charge in [0.15, 0.2) is 12.4 Å². The summed E-state index contributed by atoms with van der Waals surface area (Å²) in [7, 11) is 0. The molecule has 0 aromatic heterocycles. The summed E-state index contributed by atoms with van der Waals surface area (Å²) >= 11 is 0. The van der Waals surface area contributed by atoms with Gasteiger partial charge in [0.05, 0.1) is 43.5 Å². The number of imide groups is 1. The predicted octanol–water partition coefficient (Wildman–Crippen LogP) is 2.09. The van der Waals surface area contributed by atoms with Crippen LogP contribution in [0.3, 0.4) is 0 Å². The molecule has 2 amide bonds. The topological polar surface area (TPSA) is 102 Å². The zero-order valence-electron chi connectivity index (χ0n) is 18.9. The molecule has 2 saturated heterocycles. The minimum Gasteiger partial charge on any atom is -0.494 e. The third kappa shape index (κ3) is 5.16. The number of morpholine rings is 1. The minimum atomic E-state index is -0.670. The third-order valence-electron chi connectivity index (χ3n) is 5.79. The lowest BCUT2D eigenvalue weighted by molar-refractivity contribution is -0.123. The highest BCUT2D eigenvalue weighted by molar-refractivity contribution is 6.22. The Morgan fingerprint density at radius 2 is 1.62 bits per heavy atom. The van der Waals surface area contributed by atoms with E-state index in [4.69, 9.17) is 14.2 Å². The van der Waals surface area contributed by atoms with Crippen LogP contribution in [0, 0.1) is 0 Å². The molecule has 2 aliphatic heterocycles. The summed E-state index contributed by atoms with van der Waals surface area (Å²) in [6, 6.07) is 12.1. The van der Waals surface area contributed by atoms with E-state index in [1.54, 1.807) is 24.3 Å². The van der Waals surface area contributed by atoms with Crippen molar-refractivity contribution in [2.75, 3.05) is 44.4 Å². The van der Waals surface area contributed by atoms with Gasteiger partial charge in [-0.15, -0.1) is 0 Å². The average molecular weight is 466 g/mol. The molecular weight excluding hydrogens is 440 g/mol. The van der Waals surface area contributed by atoms with Gasteiger partial charge in [0.25, 0.3) is 5.91 Å². The second-order valence-corrected chi connectivity index (χ2v) is 7.94. The molecule has 0 saturated carbocycles. The van der Waals surface area contributed by atoms with E-state index >= 15 is 0 Å². The molecular formula is C25H26N2O7. The molecule has 2 heterocycles. The number of nitrogens with zero attached hydrogens (tertiary/aromatic N) is 2. The first-order chi connectivity index (χ1) is 16.5. The first-order valence-electron chi connectivity index (χ1n) is 11.2. The van der Waals surface area contributed by atoms with Gasteiger partial charge in [-0.1, -0.05) is 0 Å². The van der Waals surface area contributed by atoms with Crippen LogP contribution in [0.2, 0.25) is 0 Å². The molecule has 1 unspecified atom stereocenters. The van der Waals surface area contributed by atoms with Crippen LogP contribution >= 0.6 is 0 Å². The monoisotopic (exact) mass is 466 g/mol. The van der Waals surface area contributed by atoms with Gasteiger partial charge in [0, 0.05) is 18.7 Å². The van der Waals surface area contributed by atoms with Crippen LogP contribution in [0.1, 0.15) is 34.1 Å². The highest BCUT2D eigenvalue weighted by atomic mass is 16.5. The van der Waals surface area contributed by atoms with Crippen molar-refractivity contribution in [3.8, 4) is 5.75 Å². The summed E-state index contributed by atoms with van der Waals surface area (Å²) in [6.45, 7) is 4.28. The fourth-order valence-electron chi connectivity index (χ4n) is 4.01. The van der Waals surface area contributed by atoms with E-state index in [1.807, 2.05) is 11.8 Å². The van der Waals surface area contributed by atoms with Crippen molar-refractivity contribution in [3.63, 3.8) is 0 Å². The fourth-order valence-corrected chi connectivity index (χ4v) is 4.01. The molecule has 2 aliphatic rings. The van der Waals surface area contributed by atoms with Crippen LogP contribution in [0.25, 0.3) is 0 Å². The van der Waals surface area contributed by atoms with Crippen molar-refractivity contribution in [1.29, 1.82) is 0 Å². The fraction of sp³-hybridized carbons (Fsp3) is 0.360. The van der Waals surface area contributed by atoms with Crippen LogP contribution in [0.15, 0.2) is 48.5 Å². The number of anilines is 1. The van der Waals surface area contributed by atoms with Crippen molar-refractivity contribution >= 4 is 29.3 Å². The SMILES string of the molecule is CCOc1ccc(C(=O)COC(=O)c2ccc(N3C(=O)CC(N4CCOCC4)C3=O)cc2)cc1. The smallest absolute Gasteiger partial charge is 0.338 e. The van der Waals surface area contributed by atoms with Crippen LogP contribution in [0.4, 0.5) is 5.69 Å². The number of benzene rings is 2. The van der Waals surface area contributed by atoms with Gasteiger partial charge in [-0.2, -0.15) is 0 Å². The number of Topliss-reactive ketones (excluding diaryl/α,β-unsaturated/α-hetero) is 1. The van der Waals surface area contributed by atoms with E-state index in [2.05, 4.69) is 0 Å². The minimum absolute atomic E-state index is 0.121. The summed E-state index contributed by atoms with van der Waals surface area (Å²) in [5.74, 6) is -0.908. The van der Waals surface area contributed by atoms with Crippen molar-refractivity contribution < 1.29 is 33.4 Å². The summed E-state index contributed by atoms with van der Waals surface area (Å²) in [5, 5.41) is 0. The maximum Gasteiger partial charge on any atom is 0.338 e. The van der Waals surface area contributed by atoms with E-state index in [9.17, 15) is 19.2 Å². The molecule has 0 aliphatic carbocycles. The highest BCUT2D eigenvalue weighted by Gasteiger charge is 2.43. The second-order valence-electron chi connectivity index (χ2n) is 7.94. The highest BCUT2D eigenvalue weighted by Crippen LogP contribution is 2.26.